The second-order valence-corrected chi connectivity index (χ2v) is 9.41. The number of benzene rings is 2. The van der Waals surface area contributed by atoms with E-state index in [1.807, 2.05) is 37.3 Å². The zero-order valence-corrected chi connectivity index (χ0v) is 17.3. The third kappa shape index (κ3) is 4.62. The molecule has 1 N–H and O–H groups in total. The van der Waals surface area contributed by atoms with Gasteiger partial charge in [0.15, 0.2) is 0 Å². The van der Waals surface area contributed by atoms with Crippen molar-refractivity contribution in [1.82, 2.24) is 4.31 Å². The summed E-state index contributed by atoms with van der Waals surface area (Å²) in [5.41, 5.74) is 1.58. The summed E-state index contributed by atoms with van der Waals surface area (Å²) in [6.07, 6.45) is 2.48. The summed E-state index contributed by atoms with van der Waals surface area (Å²) in [7, 11) is -3.47. The maximum Gasteiger partial charge on any atom is 0.243 e. The zero-order chi connectivity index (χ0) is 20.1. The van der Waals surface area contributed by atoms with Crippen LogP contribution in [0.1, 0.15) is 44.6 Å². The molecule has 0 bridgehead atoms. The fourth-order valence-corrected chi connectivity index (χ4v) is 5.04. The predicted octanol–water partition coefficient (Wildman–Crippen LogP) is 4.24. The van der Waals surface area contributed by atoms with E-state index in [1.165, 1.54) is 0 Å². The van der Waals surface area contributed by atoms with Gasteiger partial charge in [-0.2, -0.15) is 4.31 Å². The van der Waals surface area contributed by atoms with E-state index in [0.717, 1.165) is 18.4 Å². The van der Waals surface area contributed by atoms with Gasteiger partial charge in [0.1, 0.15) is 0 Å². The lowest BCUT2D eigenvalue weighted by atomic mass is 9.95. The first-order valence-electron chi connectivity index (χ1n) is 9.88. The minimum Gasteiger partial charge on any atom is -0.326 e. The Morgan fingerprint density at radius 2 is 1.68 bits per heavy atom. The van der Waals surface area contributed by atoms with Gasteiger partial charge >= 0.3 is 0 Å². The largest absolute Gasteiger partial charge is 0.326 e. The smallest absolute Gasteiger partial charge is 0.243 e. The summed E-state index contributed by atoms with van der Waals surface area (Å²) in [6, 6.07) is 16.1. The Labute approximate surface area is 167 Å². The van der Waals surface area contributed by atoms with Gasteiger partial charge in [-0.05, 0) is 55.0 Å². The number of anilines is 1. The van der Waals surface area contributed by atoms with Gasteiger partial charge in [-0.25, -0.2) is 8.42 Å². The zero-order valence-electron chi connectivity index (χ0n) is 16.5. The average molecular weight is 401 g/mol. The highest BCUT2D eigenvalue weighted by molar-refractivity contribution is 7.89. The van der Waals surface area contributed by atoms with Gasteiger partial charge in [0.25, 0.3) is 0 Å². The molecule has 1 aliphatic heterocycles. The summed E-state index contributed by atoms with van der Waals surface area (Å²) in [6.45, 7) is 5.27. The number of hydrogen-bond donors (Lipinski definition) is 1. The quantitative estimate of drug-likeness (QED) is 0.789. The van der Waals surface area contributed by atoms with Crippen molar-refractivity contribution in [1.29, 1.82) is 0 Å². The molecule has 2 aromatic rings. The van der Waals surface area contributed by atoms with Crippen molar-refractivity contribution in [2.45, 2.75) is 43.9 Å². The van der Waals surface area contributed by atoms with Crippen molar-refractivity contribution >= 4 is 21.6 Å². The standard InChI is InChI=1S/C22H28N2O3S/c1-3-21(18-7-5-4-6-8-18)22(25)23-19-9-11-20(12-10-19)28(26,27)24-15-13-17(2)14-16-24/h4-12,17,21H,3,13-16H2,1-2H3,(H,23,25)/t21-/m0/s1. The molecular formula is C22H28N2O3S. The molecule has 1 amide bonds. The molecule has 0 radical (unpaired) electrons. The maximum atomic E-state index is 12.8. The fourth-order valence-electron chi connectivity index (χ4n) is 3.57. The molecule has 0 spiro atoms. The van der Waals surface area contributed by atoms with Crippen LogP contribution in [0.15, 0.2) is 59.5 Å². The maximum absolute atomic E-state index is 12.8. The summed E-state index contributed by atoms with van der Waals surface area (Å²) < 4.78 is 27.2. The first kappa shape index (κ1) is 20.6. The second kappa shape index (κ2) is 8.88. The van der Waals surface area contributed by atoms with E-state index < -0.39 is 10.0 Å². The molecular weight excluding hydrogens is 372 g/mol. The Morgan fingerprint density at radius 1 is 1.07 bits per heavy atom. The van der Waals surface area contributed by atoms with Gasteiger partial charge in [0, 0.05) is 18.8 Å². The topological polar surface area (TPSA) is 66.5 Å². The Kier molecular flexibility index (Phi) is 6.52. The van der Waals surface area contributed by atoms with E-state index in [1.54, 1.807) is 28.6 Å². The lowest BCUT2D eigenvalue weighted by molar-refractivity contribution is -0.117. The van der Waals surface area contributed by atoms with Crippen LogP contribution in [0, 0.1) is 5.92 Å². The normalized spacial score (nSPS) is 17.2. The molecule has 6 heteroatoms. The highest BCUT2D eigenvalue weighted by Gasteiger charge is 2.28. The highest BCUT2D eigenvalue weighted by Crippen LogP contribution is 2.25. The number of hydrogen-bond acceptors (Lipinski definition) is 3. The third-order valence-electron chi connectivity index (χ3n) is 5.43. The Morgan fingerprint density at radius 3 is 2.25 bits per heavy atom. The number of amides is 1. The Bertz CT molecular complexity index is 887. The van der Waals surface area contributed by atoms with E-state index in [4.69, 9.17) is 0 Å². The molecule has 2 aromatic carbocycles. The van der Waals surface area contributed by atoms with Crippen LogP contribution in [0.3, 0.4) is 0 Å². The average Bonchev–Trinajstić information content (AvgIpc) is 2.70. The minimum absolute atomic E-state index is 0.0886. The molecule has 1 saturated heterocycles. The van der Waals surface area contributed by atoms with Gasteiger partial charge in [-0.3, -0.25) is 4.79 Å². The fraction of sp³-hybridized carbons (Fsp3) is 0.409. The van der Waals surface area contributed by atoms with Crippen LogP contribution in [0.4, 0.5) is 5.69 Å². The van der Waals surface area contributed by atoms with Crippen molar-refractivity contribution in [3.63, 3.8) is 0 Å². The number of piperidine rings is 1. The lowest BCUT2D eigenvalue weighted by Crippen LogP contribution is -2.37. The predicted molar refractivity (Wildman–Crippen MR) is 112 cm³/mol. The van der Waals surface area contributed by atoms with Crippen molar-refractivity contribution in [3.8, 4) is 0 Å². The molecule has 1 aliphatic rings. The van der Waals surface area contributed by atoms with Gasteiger partial charge in [0.05, 0.1) is 10.8 Å². The molecule has 0 unspecified atom stereocenters. The summed E-state index contributed by atoms with van der Waals surface area (Å²) >= 11 is 0. The number of nitrogens with zero attached hydrogens (tertiary/aromatic N) is 1. The number of carbonyl (C=O) groups is 1. The minimum atomic E-state index is -3.47. The molecule has 28 heavy (non-hydrogen) atoms. The van der Waals surface area contributed by atoms with E-state index >= 15 is 0 Å². The van der Waals surface area contributed by atoms with Gasteiger partial charge in [0.2, 0.25) is 15.9 Å². The van der Waals surface area contributed by atoms with Crippen LogP contribution in [0.25, 0.3) is 0 Å². The first-order valence-corrected chi connectivity index (χ1v) is 11.3. The van der Waals surface area contributed by atoms with Crippen LogP contribution in [0.2, 0.25) is 0 Å². The number of sulfonamides is 1. The van der Waals surface area contributed by atoms with Crippen LogP contribution in [0.5, 0.6) is 0 Å². The number of rotatable bonds is 6. The molecule has 3 rings (SSSR count). The van der Waals surface area contributed by atoms with Gasteiger partial charge in [-0.15, -0.1) is 0 Å². The molecule has 150 valence electrons. The second-order valence-electron chi connectivity index (χ2n) is 7.47. The van der Waals surface area contributed by atoms with Crippen molar-refractivity contribution < 1.29 is 13.2 Å². The molecule has 0 aliphatic carbocycles. The summed E-state index contributed by atoms with van der Waals surface area (Å²) in [5.74, 6) is 0.245. The van der Waals surface area contributed by atoms with Gasteiger partial charge < -0.3 is 5.32 Å². The van der Waals surface area contributed by atoms with E-state index in [2.05, 4.69) is 12.2 Å². The van der Waals surface area contributed by atoms with E-state index in [0.29, 0.717) is 31.1 Å². The third-order valence-corrected chi connectivity index (χ3v) is 7.34. The van der Waals surface area contributed by atoms with E-state index in [9.17, 15) is 13.2 Å². The van der Waals surface area contributed by atoms with Crippen molar-refractivity contribution in [2.75, 3.05) is 18.4 Å². The number of nitrogens with one attached hydrogen (secondary N) is 1. The molecule has 1 fully saturated rings. The molecule has 1 heterocycles. The van der Waals surface area contributed by atoms with Crippen LogP contribution in [-0.4, -0.2) is 31.7 Å². The lowest BCUT2D eigenvalue weighted by Gasteiger charge is -2.29. The van der Waals surface area contributed by atoms with Crippen LogP contribution >= 0.6 is 0 Å². The van der Waals surface area contributed by atoms with Crippen LogP contribution in [-0.2, 0) is 14.8 Å². The van der Waals surface area contributed by atoms with Crippen LogP contribution < -0.4 is 5.32 Å². The molecule has 0 saturated carbocycles. The molecule has 1 atom stereocenters. The summed E-state index contributed by atoms with van der Waals surface area (Å²) in [5, 5.41) is 2.91. The first-order chi connectivity index (χ1) is 13.4. The SMILES string of the molecule is CC[C@H](C(=O)Nc1ccc(S(=O)(=O)N2CCC(C)CC2)cc1)c1ccccc1. The Balaban J connectivity index is 1.69. The molecule has 0 aromatic heterocycles. The van der Waals surface area contributed by atoms with Crippen molar-refractivity contribution in [3.05, 3.63) is 60.2 Å². The monoisotopic (exact) mass is 400 g/mol. The number of carbonyl (C=O) groups excluding carboxylic acids is 1. The molecule has 5 nitrogen and oxygen atoms in total. The van der Waals surface area contributed by atoms with Crippen molar-refractivity contribution in [2.24, 2.45) is 5.92 Å². The highest BCUT2D eigenvalue weighted by atomic mass is 32.2. The van der Waals surface area contributed by atoms with Gasteiger partial charge in [-0.1, -0.05) is 44.2 Å². The summed E-state index contributed by atoms with van der Waals surface area (Å²) in [4.78, 5) is 12.9. The Hall–Kier alpha value is -2.18. The van der Waals surface area contributed by atoms with E-state index in [-0.39, 0.29) is 16.7 Å².